The Morgan fingerprint density at radius 1 is 1.24 bits per heavy atom. The van der Waals surface area contributed by atoms with Crippen molar-refractivity contribution >= 4 is 0 Å². The van der Waals surface area contributed by atoms with Gasteiger partial charge in [-0.25, -0.2) is 0 Å². The lowest BCUT2D eigenvalue weighted by Gasteiger charge is -2.37. The van der Waals surface area contributed by atoms with E-state index in [9.17, 15) is 0 Å². The topological polar surface area (TPSA) is 47.7 Å². The van der Waals surface area contributed by atoms with Crippen LogP contribution in [-0.4, -0.2) is 50.1 Å². The van der Waals surface area contributed by atoms with Crippen LogP contribution in [0.15, 0.2) is 0 Å². The molecule has 1 saturated heterocycles. The second-order valence-electron chi connectivity index (χ2n) is 4.72. The van der Waals surface area contributed by atoms with E-state index >= 15 is 0 Å². The maximum absolute atomic E-state index is 6.11. The number of ether oxygens (including phenoxy) is 2. The van der Waals surface area contributed by atoms with Crippen molar-refractivity contribution in [3.63, 3.8) is 0 Å². The number of nitrogens with zero attached hydrogens (tertiary/aromatic N) is 1. The number of rotatable bonds is 7. The van der Waals surface area contributed by atoms with Gasteiger partial charge in [0.1, 0.15) is 0 Å². The van der Waals surface area contributed by atoms with Crippen molar-refractivity contribution in [2.24, 2.45) is 11.7 Å². The number of likely N-dealkylation sites (tertiary alicyclic amines) is 1. The van der Waals surface area contributed by atoms with Crippen LogP contribution in [0.4, 0.5) is 0 Å². The van der Waals surface area contributed by atoms with Gasteiger partial charge in [0, 0.05) is 32.3 Å². The van der Waals surface area contributed by atoms with Crippen molar-refractivity contribution in [2.75, 3.05) is 32.8 Å². The zero-order valence-electron chi connectivity index (χ0n) is 11.5. The quantitative estimate of drug-likeness (QED) is 0.689. The molecule has 1 aliphatic heterocycles. The van der Waals surface area contributed by atoms with Gasteiger partial charge in [-0.15, -0.1) is 0 Å². The predicted octanol–water partition coefficient (Wildman–Crippen LogP) is 1.44. The Kier molecular flexibility index (Phi) is 7.04. The standard InChI is InChI=1S/C13H28N2O2/c1-4-11-9-15(8-7-12(11)14)10-13(16-5-2)17-6-3/h11-13H,4-10,14H2,1-3H3. The first-order valence-electron chi connectivity index (χ1n) is 6.92. The zero-order chi connectivity index (χ0) is 12.7. The summed E-state index contributed by atoms with van der Waals surface area (Å²) in [6.45, 7) is 10.6. The molecule has 0 bridgehead atoms. The van der Waals surface area contributed by atoms with E-state index in [4.69, 9.17) is 15.2 Å². The number of nitrogens with two attached hydrogens (primary N) is 1. The van der Waals surface area contributed by atoms with Crippen LogP contribution < -0.4 is 5.73 Å². The van der Waals surface area contributed by atoms with Crippen molar-refractivity contribution in [1.82, 2.24) is 4.90 Å². The van der Waals surface area contributed by atoms with Gasteiger partial charge in [0.15, 0.2) is 6.29 Å². The van der Waals surface area contributed by atoms with Crippen molar-refractivity contribution < 1.29 is 9.47 Å². The van der Waals surface area contributed by atoms with E-state index in [0.717, 1.165) is 32.5 Å². The number of hydrogen-bond donors (Lipinski definition) is 1. The Hall–Kier alpha value is -0.160. The van der Waals surface area contributed by atoms with Crippen LogP contribution in [0.25, 0.3) is 0 Å². The molecule has 1 heterocycles. The van der Waals surface area contributed by atoms with Crippen LogP contribution in [0, 0.1) is 5.92 Å². The van der Waals surface area contributed by atoms with Gasteiger partial charge in [-0.3, -0.25) is 4.90 Å². The Morgan fingerprint density at radius 2 is 1.88 bits per heavy atom. The van der Waals surface area contributed by atoms with Gasteiger partial charge in [0.2, 0.25) is 0 Å². The molecule has 0 spiro atoms. The summed E-state index contributed by atoms with van der Waals surface area (Å²) in [6, 6.07) is 0.369. The molecule has 4 nitrogen and oxygen atoms in total. The van der Waals surface area contributed by atoms with E-state index in [0.29, 0.717) is 25.2 Å². The average Bonchev–Trinajstić information content (AvgIpc) is 2.32. The normalized spacial score (nSPS) is 26.6. The molecule has 0 amide bonds. The third-order valence-corrected chi connectivity index (χ3v) is 3.51. The third-order valence-electron chi connectivity index (χ3n) is 3.51. The van der Waals surface area contributed by atoms with Gasteiger partial charge in [-0.2, -0.15) is 0 Å². The highest BCUT2D eigenvalue weighted by Gasteiger charge is 2.26. The minimum atomic E-state index is -0.0863. The monoisotopic (exact) mass is 244 g/mol. The molecular weight excluding hydrogens is 216 g/mol. The molecule has 0 saturated carbocycles. The zero-order valence-corrected chi connectivity index (χ0v) is 11.5. The highest BCUT2D eigenvalue weighted by molar-refractivity contribution is 4.82. The van der Waals surface area contributed by atoms with E-state index in [-0.39, 0.29) is 6.29 Å². The van der Waals surface area contributed by atoms with E-state index in [1.165, 1.54) is 0 Å². The summed E-state index contributed by atoms with van der Waals surface area (Å²) in [5, 5.41) is 0. The summed E-state index contributed by atoms with van der Waals surface area (Å²) in [6.07, 6.45) is 2.16. The number of hydrogen-bond acceptors (Lipinski definition) is 4. The van der Waals surface area contributed by atoms with Crippen LogP contribution in [0.2, 0.25) is 0 Å². The molecule has 1 rings (SSSR count). The predicted molar refractivity (Wildman–Crippen MR) is 69.9 cm³/mol. The highest BCUT2D eigenvalue weighted by Crippen LogP contribution is 2.19. The molecule has 0 aliphatic carbocycles. The lowest BCUT2D eigenvalue weighted by Crippen LogP contribution is -2.49. The van der Waals surface area contributed by atoms with Gasteiger partial charge in [-0.05, 0) is 32.7 Å². The van der Waals surface area contributed by atoms with Gasteiger partial charge in [-0.1, -0.05) is 13.3 Å². The Balaban J connectivity index is 2.38. The fourth-order valence-electron chi connectivity index (χ4n) is 2.46. The van der Waals surface area contributed by atoms with E-state index in [1.54, 1.807) is 0 Å². The Morgan fingerprint density at radius 3 is 2.41 bits per heavy atom. The lowest BCUT2D eigenvalue weighted by atomic mass is 9.91. The molecule has 102 valence electrons. The van der Waals surface area contributed by atoms with E-state index in [2.05, 4.69) is 11.8 Å². The lowest BCUT2D eigenvalue weighted by molar-refractivity contribution is -0.149. The smallest absolute Gasteiger partial charge is 0.170 e. The molecule has 0 aromatic heterocycles. The summed E-state index contributed by atoms with van der Waals surface area (Å²) >= 11 is 0. The van der Waals surface area contributed by atoms with Crippen molar-refractivity contribution in [3.8, 4) is 0 Å². The average molecular weight is 244 g/mol. The minimum Gasteiger partial charge on any atom is -0.352 e. The summed E-state index contributed by atoms with van der Waals surface area (Å²) in [7, 11) is 0. The molecule has 17 heavy (non-hydrogen) atoms. The molecule has 1 aliphatic rings. The van der Waals surface area contributed by atoms with Crippen molar-refractivity contribution in [2.45, 2.75) is 45.9 Å². The van der Waals surface area contributed by atoms with Crippen LogP contribution in [0.3, 0.4) is 0 Å². The minimum absolute atomic E-state index is 0.0863. The third kappa shape index (κ3) is 4.92. The fraction of sp³-hybridized carbons (Fsp3) is 1.00. The second kappa shape index (κ2) is 8.03. The summed E-state index contributed by atoms with van der Waals surface area (Å²) in [5.74, 6) is 0.618. The summed E-state index contributed by atoms with van der Waals surface area (Å²) < 4.78 is 11.2. The van der Waals surface area contributed by atoms with Crippen LogP contribution in [0.1, 0.15) is 33.6 Å². The second-order valence-corrected chi connectivity index (χ2v) is 4.72. The largest absolute Gasteiger partial charge is 0.352 e. The first kappa shape index (κ1) is 14.9. The molecule has 0 aromatic rings. The summed E-state index contributed by atoms with van der Waals surface area (Å²) in [5.41, 5.74) is 6.11. The molecular formula is C13H28N2O2. The van der Waals surface area contributed by atoms with Crippen LogP contribution in [-0.2, 0) is 9.47 Å². The van der Waals surface area contributed by atoms with Gasteiger partial charge < -0.3 is 15.2 Å². The number of piperidine rings is 1. The van der Waals surface area contributed by atoms with Gasteiger partial charge >= 0.3 is 0 Å². The Bertz CT molecular complexity index is 196. The first-order valence-corrected chi connectivity index (χ1v) is 6.92. The maximum atomic E-state index is 6.11. The van der Waals surface area contributed by atoms with Gasteiger partial charge in [0.25, 0.3) is 0 Å². The summed E-state index contributed by atoms with van der Waals surface area (Å²) in [4.78, 5) is 2.42. The molecule has 2 atom stereocenters. The van der Waals surface area contributed by atoms with Crippen molar-refractivity contribution in [1.29, 1.82) is 0 Å². The maximum Gasteiger partial charge on any atom is 0.170 e. The Labute approximate surface area is 105 Å². The highest BCUT2D eigenvalue weighted by atomic mass is 16.7. The molecule has 1 fully saturated rings. The van der Waals surface area contributed by atoms with E-state index < -0.39 is 0 Å². The molecule has 4 heteroatoms. The molecule has 2 N–H and O–H groups in total. The van der Waals surface area contributed by atoms with Gasteiger partial charge in [0.05, 0.1) is 0 Å². The SMILES string of the molecule is CCOC(CN1CCC(N)C(CC)C1)OCC. The van der Waals surface area contributed by atoms with Crippen LogP contribution in [0.5, 0.6) is 0 Å². The molecule has 0 aromatic carbocycles. The molecule has 0 radical (unpaired) electrons. The first-order chi connectivity index (χ1) is 8.21. The van der Waals surface area contributed by atoms with Crippen LogP contribution >= 0.6 is 0 Å². The van der Waals surface area contributed by atoms with Crippen molar-refractivity contribution in [3.05, 3.63) is 0 Å². The van der Waals surface area contributed by atoms with E-state index in [1.807, 2.05) is 13.8 Å². The molecule has 2 unspecified atom stereocenters. The fourth-order valence-corrected chi connectivity index (χ4v) is 2.46.